The molecule has 246 valence electrons. The molecule has 3 N–H and O–H groups in total. The molecule has 0 saturated carbocycles. The van der Waals surface area contributed by atoms with Crippen molar-refractivity contribution >= 4 is 11.9 Å². The fourth-order valence-electron chi connectivity index (χ4n) is 5.28. The van der Waals surface area contributed by atoms with Gasteiger partial charge in [-0.25, -0.2) is 4.79 Å². The first kappa shape index (κ1) is 34.1. The van der Waals surface area contributed by atoms with E-state index in [1.807, 2.05) is 134 Å². The zero-order chi connectivity index (χ0) is 33.6. The molecule has 0 aromatic heterocycles. The molecule has 3 atom stereocenters. The van der Waals surface area contributed by atoms with Crippen LogP contribution >= 0.6 is 0 Å². The number of nitrogens with one attached hydrogen (secondary N) is 2. The summed E-state index contributed by atoms with van der Waals surface area (Å²) in [5, 5.41) is 17.2. The molecule has 0 saturated heterocycles. The zero-order valence-electron chi connectivity index (χ0n) is 27.1. The molecular weight excluding hydrogens is 600 g/mol. The van der Waals surface area contributed by atoms with Crippen LogP contribution in [0.2, 0.25) is 0 Å². The summed E-state index contributed by atoms with van der Waals surface area (Å²) < 4.78 is 11.4. The Bertz CT molecular complexity index is 1700. The second-order valence-electron chi connectivity index (χ2n) is 11.8. The van der Waals surface area contributed by atoms with Crippen LogP contribution in [0.15, 0.2) is 140 Å². The topological polar surface area (TPSA) is 96.9 Å². The average Bonchev–Trinajstić information content (AvgIpc) is 3.14. The van der Waals surface area contributed by atoms with Gasteiger partial charge in [0.2, 0.25) is 0 Å². The van der Waals surface area contributed by atoms with E-state index in [1.165, 1.54) is 0 Å². The van der Waals surface area contributed by atoms with Gasteiger partial charge in [0.15, 0.2) is 0 Å². The van der Waals surface area contributed by atoms with Gasteiger partial charge in [-0.05, 0) is 72.0 Å². The van der Waals surface area contributed by atoms with Crippen LogP contribution in [-0.4, -0.2) is 35.6 Å². The van der Waals surface area contributed by atoms with E-state index in [1.54, 1.807) is 12.1 Å². The maximum Gasteiger partial charge on any atom is 0.329 e. The average molecular weight is 643 g/mol. The minimum absolute atomic E-state index is 0.135. The third kappa shape index (κ3) is 10.4. The van der Waals surface area contributed by atoms with Crippen LogP contribution < -0.4 is 15.4 Å². The predicted molar refractivity (Wildman–Crippen MR) is 187 cm³/mol. The summed E-state index contributed by atoms with van der Waals surface area (Å²) in [6, 6.07) is 42.9. The number of hydrogen-bond donors (Lipinski definition) is 3. The SMILES string of the molecule is C[C@H](NCCc1ccc(C(=O)N[C@@H](Cc2ccccc2)C(=O)OCc2ccccc2)cc1)[C@H](O)c1ccc(OCc2ccccc2)cc1. The number of hydrogen-bond acceptors (Lipinski definition) is 6. The van der Waals surface area contributed by atoms with Crippen LogP contribution in [0.3, 0.4) is 0 Å². The van der Waals surface area contributed by atoms with E-state index >= 15 is 0 Å². The molecule has 0 radical (unpaired) electrons. The van der Waals surface area contributed by atoms with Crippen molar-refractivity contribution < 1.29 is 24.2 Å². The van der Waals surface area contributed by atoms with Crippen molar-refractivity contribution in [2.75, 3.05) is 6.54 Å². The lowest BCUT2D eigenvalue weighted by atomic mass is 10.0. The number of carbonyl (C=O) groups excluding carboxylic acids is 2. The first-order valence-electron chi connectivity index (χ1n) is 16.3. The highest BCUT2D eigenvalue weighted by Crippen LogP contribution is 2.21. The molecule has 5 aromatic rings. The van der Waals surface area contributed by atoms with Gasteiger partial charge in [0.25, 0.3) is 5.91 Å². The van der Waals surface area contributed by atoms with Gasteiger partial charge < -0.3 is 25.2 Å². The Morgan fingerprint density at radius 1 is 0.667 bits per heavy atom. The summed E-state index contributed by atoms with van der Waals surface area (Å²) in [6.45, 7) is 3.23. The van der Waals surface area contributed by atoms with Gasteiger partial charge in [-0.15, -0.1) is 0 Å². The van der Waals surface area contributed by atoms with Crippen LogP contribution in [0.1, 0.15) is 51.2 Å². The molecule has 0 fully saturated rings. The van der Waals surface area contributed by atoms with Crippen molar-refractivity contribution in [2.45, 2.75) is 51.2 Å². The van der Waals surface area contributed by atoms with Gasteiger partial charge in [0, 0.05) is 18.0 Å². The largest absolute Gasteiger partial charge is 0.489 e. The molecule has 0 spiro atoms. The number of amides is 1. The first-order chi connectivity index (χ1) is 23.4. The number of ether oxygens (including phenoxy) is 2. The quantitative estimate of drug-likeness (QED) is 0.105. The fourth-order valence-corrected chi connectivity index (χ4v) is 5.28. The molecule has 7 heteroatoms. The lowest BCUT2D eigenvalue weighted by Crippen LogP contribution is -2.43. The summed E-state index contributed by atoms with van der Waals surface area (Å²) in [4.78, 5) is 26.3. The van der Waals surface area contributed by atoms with Gasteiger partial charge in [-0.1, -0.05) is 115 Å². The molecule has 1 amide bonds. The number of carbonyl (C=O) groups is 2. The standard InChI is InChI=1S/C41H42N2O5/c1-30(39(44)35-21-23-37(24-22-35)47-28-33-13-7-3-8-14-33)42-26-25-31-17-19-36(20-18-31)40(45)43-38(27-32-11-5-2-6-12-32)41(46)48-29-34-15-9-4-10-16-34/h2-24,30,38-39,42,44H,25-29H2,1H3,(H,43,45)/t30-,38-,39-/m0/s1. The number of rotatable bonds is 16. The summed E-state index contributed by atoms with van der Waals surface area (Å²) >= 11 is 0. The first-order valence-corrected chi connectivity index (χ1v) is 16.3. The highest BCUT2D eigenvalue weighted by atomic mass is 16.5. The monoisotopic (exact) mass is 642 g/mol. The van der Waals surface area contributed by atoms with E-state index in [0.29, 0.717) is 31.6 Å². The summed E-state index contributed by atoms with van der Waals surface area (Å²) in [7, 11) is 0. The second kappa shape index (κ2) is 17.6. The number of esters is 1. The Hall–Kier alpha value is -5.24. The van der Waals surface area contributed by atoms with E-state index < -0.39 is 18.1 Å². The van der Waals surface area contributed by atoms with E-state index in [9.17, 15) is 14.7 Å². The number of aliphatic hydroxyl groups is 1. The maximum atomic E-state index is 13.2. The Labute approximate surface area is 282 Å². The van der Waals surface area contributed by atoms with Crippen molar-refractivity contribution in [3.8, 4) is 5.75 Å². The van der Waals surface area contributed by atoms with E-state index in [-0.39, 0.29) is 18.6 Å². The Morgan fingerprint density at radius 2 is 1.23 bits per heavy atom. The summed E-state index contributed by atoms with van der Waals surface area (Å²) in [6.07, 6.45) is 0.357. The highest BCUT2D eigenvalue weighted by Gasteiger charge is 2.24. The van der Waals surface area contributed by atoms with Gasteiger partial charge in [0.1, 0.15) is 25.0 Å². The van der Waals surface area contributed by atoms with E-state index in [4.69, 9.17) is 9.47 Å². The minimum atomic E-state index is -0.835. The van der Waals surface area contributed by atoms with Crippen molar-refractivity contribution in [3.05, 3.63) is 173 Å². The van der Waals surface area contributed by atoms with Crippen LogP contribution in [-0.2, 0) is 35.6 Å². The fraction of sp³-hybridized carbons (Fsp3) is 0.220. The summed E-state index contributed by atoms with van der Waals surface area (Å²) in [5.74, 6) is -0.0739. The van der Waals surface area contributed by atoms with Crippen molar-refractivity contribution in [1.29, 1.82) is 0 Å². The Morgan fingerprint density at radius 3 is 1.83 bits per heavy atom. The lowest BCUT2D eigenvalue weighted by molar-refractivity contribution is -0.147. The van der Waals surface area contributed by atoms with Crippen molar-refractivity contribution in [2.24, 2.45) is 0 Å². The molecule has 48 heavy (non-hydrogen) atoms. The van der Waals surface area contributed by atoms with E-state index in [2.05, 4.69) is 10.6 Å². The molecule has 7 nitrogen and oxygen atoms in total. The minimum Gasteiger partial charge on any atom is -0.489 e. The van der Waals surface area contributed by atoms with Gasteiger partial charge in [0.05, 0.1) is 6.10 Å². The predicted octanol–water partition coefficient (Wildman–Crippen LogP) is 6.60. The number of aliphatic hydroxyl groups excluding tert-OH is 1. The lowest BCUT2D eigenvalue weighted by Gasteiger charge is -2.21. The van der Waals surface area contributed by atoms with Crippen LogP contribution in [0, 0.1) is 0 Å². The normalized spacial score (nSPS) is 12.8. The van der Waals surface area contributed by atoms with E-state index in [0.717, 1.165) is 33.6 Å². The molecule has 0 aliphatic heterocycles. The van der Waals surface area contributed by atoms with Crippen molar-refractivity contribution in [3.63, 3.8) is 0 Å². The molecule has 0 unspecified atom stereocenters. The van der Waals surface area contributed by atoms with Crippen LogP contribution in [0.4, 0.5) is 0 Å². The third-order valence-corrected chi connectivity index (χ3v) is 8.14. The highest BCUT2D eigenvalue weighted by molar-refractivity contribution is 5.96. The van der Waals surface area contributed by atoms with Crippen LogP contribution in [0.25, 0.3) is 0 Å². The third-order valence-electron chi connectivity index (χ3n) is 8.14. The second-order valence-corrected chi connectivity index (χ2v) is 11.8. The molecule has 0 bridgehead atoms. The Kier molecular flexibility index (Phi) is 12.5. The molecule has 5 rings (SSSR count). The van der Waals surface area contributed by atoms with Gasteiger partial charge in [-0.3, -0.25) is 4.79 Å². The maximum absolute atomic E-state index is 13.2. The van der Waals surface area contributed by atoms with Crippen LogP contribution in [0.5, 0.6) is 5.75 Å². The molecule has 0 aliphatic rings. The molecule has 0 aliphatic carbocycles. The van der Waals surface area contributed by atoms with Gasteiger partial charge in [-0.2, -0.15) is 0 Å². The summed E-state index contributed by atoms with van der Waals surface area (Å²) in [5.41, 5.74) is 5.22. The molecule has 0 heterocycles. The zero-order valence-corrected chi connectivity index (χ0v) is 27.1. The number of benzene rings is 5. The van der Waals surface area contributed by atoms with Crippen molar-refractivity contribution in [1.82, 2.24) is 10.6 Å². The van der Waals surface area contributed by atoms with Gasteiger partial charge >= 0.3 is 5.97 Å². The Balaban J connectivity index is 1.09. The smallest absolute Gasteiger partial charge is 0.329 e. The molecular formula is C41H42N2O5. The molecule has 5 aromatic carbocycles.